The molecule has 0 saturated carbocycles. The molecule has 0 aromatic heterocycles. The van der Waals surface area contributed by atoms with Gasteiger partial charge in [-0.25, -0.2) is 9.18 Å². The van der Waals surface area contributed by atoms with E-state index >= 15 is 0 Å². The summed E-state index contributed by atoms with van der Waals surface area (Å²) in [6, 6.07) is 3.28. The Morgan fingerprint density at radius 1 is 1.44 bits per heavy atom. The fourth-order valence-corrected chi connectivity index (χ4v) is 1.40. The minimum atomic E-state index is -1.74. The zero-order valence-corrected chi connectivity index (χ0v) is 8.61. The number of hydrogen-bond donors (Lipinski definition) is 2. The lowest BCUT2D eigenvalue weighted by molar-refractivity contribution is -0.147. The van der Waals surface area contributed by atoms with Crippen LogP contribution in [0.2, 0.25) is 0 Å². The van der Waals surface area contributed by atoms with Gasteiger partial charge in [0.05, 0.1) is 0 Å². The number of carbonyl (C=O) groups excluding carboxylic acids is 1. The highest BCUT2D eigenvalue weighted by molar-refractivity contribution is 5.80. The average molecular weight is 226 g/mol. The first-order valence-corrected chi connectivity index (χ1v) is 4.60. The molecule has 1 unspecified atom stereocenters. The van der Waals surface area contributed by atoms with Gasteiger partial charge in [0, 0.05) is 6.42 Å². The van der Waals surface area contributed by atoms with Crippen molar-refractivity contribution >= 4 is 11.8 Å². The van der Waals surface area contributed by atoms with Gasteiger partial charge in [0.15, 0.2) is 6.10 Å². The summed E-state index contributed by atoms with van der Waals surface area (Å²) in [5.74, 6) is -2.24. The van der Waals surface area contributed by atoms with Crippen LogP contribution in [0, 0.1) is 5.82 Å². The molecule has 86 valence electrons. The van der Waals surface area contributed by atoms with Gasteiger partial charge >= 0.3 is 5.97 Å². The van der Waals surface area contributed by atoms with E-state index < -0.39 is 17.9 Å². The van der Waals surface area contributed by atoms with Crippen LogP contribution in [0.25, 0.3) is 0 Å². The van der Waals surface area contributed by atoms with E-state index in [-0.39, 0.29) is 23.3 Å². The summed E-state index contributed by atoms with van der Waals surface area (Å²) in [7, 11) is 0. The molecular formula is C11H11FO4. The van der Waals surface area contributed by atoms with Crippen molar-refractivity contribution in [3.63, 3.8) is 0 Å². The molecule has 0 saturated heterocycles. The Hall–Kier alpha value is -1.75. The second kappa shape index (κ2) is 4.85. The van der Waals surface area contributed by atoms with E-state index in [9.17, 15) is 19.1 Å². The van der Waals surface area contributed by atoms with Crippen LogP contribution in [0.4, 0.5) is 4.39 Å². The molecule has 4 nitrogen and oxygen atoms in total. The molecule has 1 aromatic carbocycles. The number of hydrogen-bond acceptors (Lipinski definition) is 3. The van der Waals surface area contributed by atoms with E-state index in [1.165, 1.54) is 13.0 Å². The Balaban J connectivity index is 3.16. The van der Waals surface area contributed by atoms with Crippen LogP contribution in [0.5, 0.6) is 0 Å². The molecular weight excluding hydrogens is 215 g/mol. The molecule has 5 heteroatoms. The third kappa shape index (κ3) is 2.87. The van der Waals surface area contributed by atoms with Crippen molar-refractivity contribution < 1.29 is 24.2 Å². The van der Waals surface area contributed by atoms with E-state index in [2.05, 4.69) is 0 Å². The zero-order chi connectivity index (χ0) is 12.3. The van der Waals surface area contributed by atoms with Crippen LogP contribution >= 0.6 is 0 Å². The molecule has 0 heterocycles. The highest BCUT2D eigenvalue weighted by Crippen LogP contribution is 2.20. The monoisotopic (exact) mass is 226 g/mol. The van der Waals surface area contributed by atoms with Crippen molar-refractivity contribution in [1.82, 2.24) is 0 Å². The van der Waals surface area contributed by atoms with Crippen LogP contribution in [-0.2, 0) is 16.0 Å². The quantitative estimate of drug-likeness (QED) is 0.805. The minimum absolute atomic E-state index is 0.0455. The van der Waals surface area contributed by atoms with Crippen LogP contribution in [0.1, 0.15) is 24.2 Å². The average Bonchev–Trinajstić information content (AvgIpc) is 2.15. The number of benzene rings is 1. The standard InChI is InChI=1S/C11H11FO4/c1-6(13)4-7-5-8(12)2-3-9(7)10(14)11(15)16/h2-3,5,10,14H,4H2,1H3,(H,15,16). The maximum Gasteiger partial charge on any atom is 0.337 e. The number of halogens is 1. The Kier molecular flexibility index (Phi) is 3.73. The van der Waals surface area contributed by atoms with Crippen molar-refractivity contribution in [2.45, 2.75) is 19.4 Å². The first-order valence-electron chi connectivity index (χ1n) is 4.60. The molecule has 0 aliphatic heterocycles. The number of ketones is 1. The Bertz CT molecular complexity index is 428. The molecule has 1 rings (SSSR count). The SMILES string of the molecule is CC(=O)Cc1cc(F)ccc1C(O)C(=O)O. The predicted molar refractivity (Wildman–Crippen MR) is 53.4 cm³/mol. The van der Waals surface area contributed by atoms with Gasteiger partial charge in [0.2, 0.25) is 0 Å². The van der Waals surface area contributed by atoms with E-state index in [4.69, 9.17) is 5.11 Å². The van der Waals surface area contributed by atoms with Crippen molar-refractivity contribution in [1.29, 1.82) is 0 Å². The maximum absolute atomic E-state index is 12.9. The zero-order valence-electron chi connectivity index (χ0n) is 8.61. The summed E-state index contributed by atoms with van der Waals surface area (Å²) in [5.41, 5.74) is 0.242. The molecule has 1 aromatic rings. The van der Waals surface area contributed by atoms with Crippen LogP contribution in [0.3, 0.4) is 0 Å². The van der Waals surface area contributed by atoms with E-state index in [1.54, 1.807) is 0 Å². The van der Waals surface area contributed by atoms with E-state index in [0.29, 0.717) is 0 Å². The summed E-state index contributed by atoms with van der Waals surface area (Å²) < 4.78 is 12.9. The molecule has 0 bridgehead atoms. The molecule has 0 spiro atoms. The fourth-order valence-electron chi connectivity index (χ4n) is 1.40. The molecule has 0 radical (unpaired) electrons. The lowest BCUT2D eigenvalue weighted by Crippen LogP contribution is -2.14. The number of Topliss-reactive ketones (excluding diaryl/α,β-unsaturated/α-hetero) is 1. The highest BCUT2D eigenvalue weighted by Gasteiger charge is 2.20. The maximum atomic E-state index is 12.9. The molecule has 0 aliphatic carbocycles. The Labute approximate surface area is 91.3 Å². The summed E-state index contributed by atoms with van der Waals surface area (Å²) >= 11 is 0. The van der Waals surface area contributed by atoms with Gasteiger partial charge in [-0.05, 0) is 30.2 Å². The van der Waals surface area contributed by atoms with Gasteiger partial charge in [0.1, 0.15) is 11.6 Å². The smallest absolute Gasteiger partial charge is 0.337 e. The van der Waals surface area contributed by atoms with Crippen LogP contribution in [0.15, 0.2) is 18.2 Å². The van der Waals surface area contributed by atoms with E-state index in [0.717, 1.165) is 12.1 Å². The number of carboxylic acids is 1. The van der Waals surface area contributed by atoms with Crippen LogP contribution < -0.4 is 0 Å². The molecule has 0 aliphatic rings. The van der Waals surface area contributed by atoms with Gasteiger partial charge in [0.25, 0.3) is 0 Å². The molecule has 2 N–H and O–H groups in total. The molecule has 0 fully saturated rings. The third-order valence-electron chi connectivity index (χ3n) is 2.07. The largest absolute Gasteiger partial charge is 0.479 e. The van der Waals surface area contributed by atoms with Gasteiger partial charge in [-0.15, -0.1) is 0 Å². The second-order valence-electron chi connectivity index (χ2n) is 3.46. The lowest BCUT2D eigenvalue weighted by Gasteiger charge is -2.11. The summed E-state index contributed by atoms with van der Waals surface area (Å²) in [5, 5.41) is 18.0. The fraction of sp³-hybridized carbons (Fsp3) is 0.273. The minimum Gasteiger partial charge on any atom is -0.479 e. The number of aliphatic hydroxyl groups excluding tert-OH is 1. The lowest BCUT2D eigenvalue weighted by atomic mass is 9.98. The van der Waals surface area contributed by atoms with Gasteiger partial charge in [-0.3, -0.25) is 4.79 Å². The van der Waals surface area contributed by atoms with Gasteiger partial charge < -0.3 is 10.2 Å². The topological polar surface area (TPSA) is 74.6 Å². The van der Waals surface area contributed by atoms with Crippen molar-refractivity contribution in [2.24, 2.45) is 0 Å². The highest BCUT2D eigenvalue weighted by atomic mass is 19.1. The Morgan fingerprint density at radius 3 is 2.56 bits per heavy atom. The number of carboxylic acid groups (broad SMARTS) is 1. The van der Waals surface area contributed by atoms with Gasteiger partial charge in [-0.1, -0.05) is 6.07 Å². The summed E-state index contributed by atoms with van der Waals surface area (Å²) in [4.78, 5) is 21.5. The van der Waals surface area contributed by atoms with Gasteiger partial charge in [-0.2, -0.15) is 0 Å². The second-order valence-corrected chi connectivity index (χ2v) is 3.46. The first-order chi connectivity index (χ1) is 7.41. The third-order valence-corrected chi connectivity index (χ3v) is 2.07. The number of aliphatic hydroxyl groups is 1. The molecule has 16 heavy (non-hydrogen) atoms. The molecule has 1 atom stereocenters. The molecule has 0 amide bonds. The van der Waals surface area contributed by atoms with Crippen molar-refractivity contribution in [3.05, 3.63) is 35.1 Å². The number of aliphatic carboxylic acids is 1. The summed E-state index contributed by atoms with van der Waals surface area (Å²) in [6.45, 7) is 1.31. The number of carbonyl (C=O) groups is 2. The Morgan fingerprint density at radius 2 is 2.06 bits per heavy atom. The van der Waals surface area contributed by atoms with Crippen LogP contribution in [-0.4, -0.2) is 22.0 Å². The first kappa shape index (κ1) is 12.3. The van der Waals surface area contributed by atoms with Crippen molar-refractivity contribution in [3.8, 4) is 0 Å². The summed E-state index contributed by atoms with van der Waals surface area (Å²) in [6.07, 6.45) is -1.84. The number of rotatable bonds is 4. The normalized spacial score (nSPS) is 12.2. The predicted octanol–water partition coefficient (Wildman–Crippen LogP) is 1.08. The van der Waals surface area contributed by atoms with E-state index in [1.807, 2.05) is 0 Å². The van der Waals surface area contributed by atoms with Crippen molar-refractivity contribution in [2.75, 3.05) is 0 Å².